The molecule has 3 N–H and O–H groups in total. The molecule has 0 saturated carbocycles. The van der Waals surface area contributed by atoms with E-state index in [0.717, 1.165) is 16.5 Å². The topological polar surface area (TPSA) is 68.1 Å². The molecule has 0 bridgehead atoms. The van der Waals surface area contributed by atoms with Gasteiger partial charge in [0.1, 0.15) is 5.75 Å². The monoisotopic (exact) mass is 280 g/mol. The fraction of sp³-hybridized carbons (Fsp3) is 0.118. The summed E-state index contributed by atoms with van der Waals surface area (Å²) in [5.74, 6) is 0.349. The van der Waals surface area contributed by atoms with Gasteiger partial charge in [-0.3, -0.25) is 4.79 Å². The molecule has 4 heteroatoms. The minimum Gasteiger partial charge on any atom is -0.496 e. The second kappa shape index (κ2) is 4.98. The van der Waals surface area contributed by atoms with Crippen molar-refractivity contribution in [1.82, 2.24) is 4.98 Å². The fourth-order valence-corrected chi connectivity index (χ4v) is 2.52. The van der Waals surface area contributed by atoms with Crippen LogP contribution in [0, 0.1) is 6.92 Å². The summed E-state index contributed by atoms with van der Waals surface area (Å²) in [7, 11) is 1.53. The van der Waals surface area contributed by atoms with Gasteiger partial charge in [-0.1, -0.05) is 18.2 Å². The fourth-order valence-electron chi connectivity index (χ4n) is 2.52. The van der Waals surface area contributed by atoms with Crippen molar-refractivity contribution >= 4 is 22.4 Å². The van der Waals surface area contributed by atoms with Gasteiger partial charge in [-0.15, -0.1) is 0 Å². The number of nitrogens with one attached hydrogen (secondary N) is 1. The maximum absolute atomic E-state index is 12.8. The summed E-state index contributed by atoms with van der Waals surface area (Å²) < 4.78 is 5.27. The Labute approximate surface area is 122 Å². The SMILES string of the molecule is COc1cccc(N)c1C(=O)c1c[nH]c2cc(C)ccc12. The Kier molecular flexibility index (Phi) is 3.14. The number of nitrogen functional groups attached to an aromatic ring is 1. The lowest BCUT2D eigenvalue weighted by molar-refractivity contribution is 0.103. The van der Waals surface area contributed by atoms with Crippen LogP contribution in [-0.4, -0.2) is 17.9 Å². The molecule has 0 radical (unpaired) electrons. The standard InChI is InChI=1S/C17H16N2O2/c1-10-6-7-11-12(9-19-14(11)8-10)17(20)16-13(18)4-3-5-15(16)21-2/h3-9,19H,18H2,1-2H3. The number of hydrogen-bond donors (Lipinski definition) is 2. The molecule has 21 heavy (non-hydrogen) atoms. The first-order chi connectivity index (χ1) is 10.1. The van der Waals surface area contributed by atoms with Crippen molar-refractivity contribution in [2.45, 2.75) is 6.92 Å². The molecule has 2 aromatic carbocycles. The van der Waals surface area contributed by atoms with E-state index in [-0.39, 0.29) is 5.78 Å². The zero-order valence-electron chi connectivity index (χ0n) is 11.9. The molecule has 0 aliphatic carbocycles. The van der Waals surface area contributed by atoms with Gasteiger partial charge in [-0.25, -0.2) is 0 Å². The molecular formula is C17H16N2O2. The van der Waals surface area contributed by atoms with Crippen LogP contribution in [0.4, 0.5) is 5.69 Å². The molecule has 1 heterocycles. The highest BCUT2D eigenvalue weighted by molar-refractivity contribution is 6.19. The third kappa shape index (κ3) is 2.14. The molecule has 3 aromatic rings. The van der Waals surface area contributed by atoms with Gasteiger partial charge < -0.3 is 15.5 Å². The number of ketones is 1. The summed E-state index contributed by atoms with van der Waals surface area (Å²) in [5.41, 5.74) is 9.46. The zero-order chi connectivity index (χ0) is 15.0. The molecule has 4 nitrogen and oxygen atoms in total. The molecule has 0 aliphatic rings. The van der Waals surface area contributed by atoms with Crippen molar-refractivity contribution in [3.8, 4) is 5.75 Å². The van der Waals surface area contributed by atoms with Gasteiger partial charge in [0, 0.05) is 28.4 Å². The first-order valence-electron chi connectivity index (χ1n) is 6.66. The minimum absolute atomic E-state index is 0.139. The van der Waals surface area contributed by atoms with Crippen molar-refractivity contribution in [1.29, 1.82) is 0 Å². The summed E-state index contributed by atoms with van der Waals surface area (Å²) in [6.45, 7) is 2.01. The molecule has 0 amide bonds. The Morgan fingerprint density at radius 2 is 2.05 bits per heavy atom. The highest BCUT2D eigenvalue weighted by Gasteiger charge is 2.20. The smallest absolute Gasteiger partial charge is 0.200 e. The number of hydrogen-bond acceptors (Lipinski definition) is 3. The van der Waals surface area contributed by atoms with Crippen LogP contribution < -0.4 is 10.5 Å². The molecule has 106 valence electrons. The highest BCUT2D eigenvalue weighted by Crippen LogP contribution is 2.30. The quantitative estimate of drug-likeness (QED) is 0.571. The predicted molar refractivity (Wildman–Crippen MR) is 83.9 cm³/mol. The number of nitrogens with two attached hydrogens (primary N) is 1. The molecule has 0 fully saturated rings. The average Bonchev–Trinajstić information content (AvgIpc) is 2.89. The van der Waals surface area contributed by atoms with E-state index in [1.165, 1.54) is 7.11 Å². The lowest BCUT2D eigenvalue weighted by Crippen LogP contribution is -2.07. The maximum atomic E-state index is 12.8. The summed E-state index contributed by atoms with van der Waals surface area (Å²) in [6, 6.07) is 11.1. The largest absolute Gasteiger partial charge is 0.496 e. The minimum atomic E-state index is -0.139. The molecule has 1 aromatic heterocycles. The number of rotatable bonds is 3. The zero-order valence-corrected chi connectivity index (χ0v) is 11.9. The first-order valence-corrected chi connectivity index (χ1v) is 6.66. The number of H-pyrrole nitrogens is 1. The van der Waals surface area contributed by atoms with Crippen LogP contribution in [0.1, 0.15) is 21.5 Å². The number of carbonyl (C=O) groups is 1. The normalized spacial score (nSPS) is 10.8. The highest BCUT2D eigenvalue weighted by atomic mass is 16.5. The van der Waals surface area contributed by atoms with Crippen LogP contribution in [0.3, 0.4) is 0 Å². The van der Waals surface area contributed by atoms with Gasteiger partial charge in [-0.2, -0.15) is 0 Å². The lowest BCUT2D eigenvalue weighted by Gasteiger charge is -2.09. The Morgan fingerprint density at radius 3 is 2.81 bits per heavy atom. The lowest BCUT2D eigenvalue weighted by atomic mass is 10.00. The second-order valence-corrected chi connectivity index (χ2v) is 5.01. The van der Waals surface area contributed by atoms with Crippen molar-refractivity contribution in [2.75, 3.05) is 12.8 Å². The summed E-state index contributed by atoms with van der Waals surface area (Å²) >= 11 is 0. The summed E-state index contributed by atoms with van der Waals surface area (Å²) in [4.78, 5) is 16.0. The number of aromatic nitrogens is 1. The van der Waals surface area contributed by atoms with Crippen molar-refractivity contribution < 1.29 is 9.53 Å². The molecule has 0 unspecified atom stereocenters. The summed E-state index contributed by atoms with van der Waals surface area (Å²) in [6.07, 6.45) is 1.72. The number of ether oxygens (including phenoxy) is 1. The van der Waals surface area contributed by atoms with Gasteiger partial charge in [0.05, 0.1) is 12.7 Å². The predicted octanol–water partition coefficient (Wildman–Crippen LogP) is 3.30. The molecule has 0 saturated heterocycles. The van der Waals surface area contributed by atoms with E-state index < -0.39 is 0 Å². The Morgan fingerprint density at radius 1 is 1.24 bits per heavy atom. The van der Waals surface area contributed by atoms with Crippen LogP contribution in [-0.2, 0) is 0 Å². The number of methoxy groups -OCH3 is 1. The third-order valence-corrected chi connectivity index (χ3v) is 3.59. The summed E-state index contributed by atoms with van der Waals surface area (Å²) in [5, 5.41) is 0.885. The third-order valence-electron chi connectivity index (χ3n) is 3.59. The number of aryl methyl sites for hydroxylation is 1. The average molecular weight is 280 g/mol. The number of benzene rings is 2. The number of anilines is 1. The van der Waals surface area contributed by atoms with Gasteiger partial charge in [-0.05, 0) is 30.7 Å². The maximum Gasteiger partial charge on any atom is 0.200 e. The Hall–Kier alpha value is -2.75. The Bertz CT molecular complexity index is 834. The van der Waals surface area contributed by atoms with E-state index in [2.05, 4.69) is 4.98 Å². The Balaban J connectivity index is 2.18. The number of fused-ring (bicyclic) bond motifs is 1. The van der Waals surface area contributed by atoms with E-state index >= 15 is 0 Å². The van der Waals surface area contributed by atoms with Crippen molar-refractivity contribution in [3.63, 3.8) is 0 Å². The van der Waals surface area contributed by atoms with Crippen LogP contribution in [0.2, 0.25) is 0 Å². The van der Waals surface area contributed by atoms with E-state index in [1.54, 1.807) is 24.4 Å². The molecule has 0 atom stereocenters. The van der Waals surface area contributed by atoms with Crippen LogP contribution in [0.25, 0.3) is 10.9 Å². The molecular weight excluding hydrogens is 264 g/mol. The van der Waals surface area contributed by atoms with Crippen molar-refractivity contribution in [3.05, 3.63) is 59.3 Å². The van der Waals surface area contributed by atoms with E-state index in [4.69, 9.17) is 10.5 Å². The second-order valence-electron chi connectivity index (χ2n) is 5.01. The van der Waals surface area contributed by atoms with Crippen molar-refractivity contribution in [2.24, 2.45) is 0 Å². The van der Waals surface area contributed by atoms with E-state index in [0.29, 0.717) is 22.6 Å². The first kappa shape index (κ1) is 13.2. The molecule has 3 rings (SSSR count). The number of aromatic amines is 1. The van der Waals surface area contributed by atoms with Crippen LogP contribution >= 0.6 is 0 Å². The molecule has 0 spiro atoms. The van der Waals surface area contributed by atoms with Gasteiger partial charge in [0.25, 0.3) is 0 Å². The van der Waals surface area contributed by atoms with Crippen LogP contribution in [0.15, 0.2) is 42.6 Å². The van der Waals surface area contributed by atoms with Gasteiger partial charge in [0.2, 0.25) is 5.78 Å². The van der Waals surface area contributed by atoms with Gasteiger partial charge >= 0.3 is 0 Å². The van der Waals surface area contributed by atoms with E-state index in [9.17, 15) is 4.79 Å². The van der Waals surface area contributed by atoms with E-state index in [1.807, 2.05) is 25.1 Å². The number of carbonyl (C=O) groups excluding carboxylic acids is 1. The van der Waals surface area contributed by atoms with Gasteiger partial charge in [0.15, 0.2) is 0 Å². The molecule has 0 aliphatic heterocycles. The van der Waals surface area contributed by atoms with Crippen LogP contribution in [0.5, 0.6) is 5.75 Å².